The second-order valence-electron chi connectivity index (χ2n) is 7.52. The lowest BCUT2D eigenvalue weighted by Gasteiger charge is -2.26. The zero-order valence-electron chi connectivity index (χ0n) is 16.1. The number of nitrogens with zero attached hydrogens (tertiary/aromatic N) is 7. The molecule has 0 radical (unpaired) electrons. The zero-order chi connectivity index (χ0) is 18.8. The summed E-state index contributed by atoms with van der Waals surface area (Å²) in [4.78, 5) is 16.0. The van der Waals surface area contributed by atoms with Crippen molar-refractivity contribution in [1.82, 2.24) is 29.7 Å². The topological polar surface area (TPSA) is 72.6 Å². The van der Waals surface area contributed by atoms with Crippen LogP contribution in [0.2, 0.25) is 0 Å². The third-order valence-corrected chi connectivity index (χ3v) is 4.81. The van der Waals surface area contributed by atoms with Crippen LogP contribution in [0.3, 0.4) is 0 Å². The molecule has 3 aromatic heterocycles. The molecule has 1 fully saturated rings. The van der Waals surface area contributed by atoms with E-state index in [1.165, 1.54) is 0 Å². The van der Waals surface area contributed by atoms with E-state index in [4.69, 9.17) is 4.98 Å². The summed E-state index contributed by atoms with van der Waals surface area (Å²) in [6.45, 7) is 8.32. The van der Waals surface area contributed by atoms with E-state index in [2.05, 4.69) is 49.5 Å². The Labute approximate surface area is 159 Å². The maximum absolute atomic E-state index is 4.85. The maximum atomic E-state index is 4.85. The van der Waals surface area contributed by atoms with Crippen molar-refractivity contribution >= 4 is 5.82 Å². The molecule has 0 amide bonds. The lowest BCUT2D eigenvalue weighted by Crippen LogP contribution is -2.27. The third kappa shape index (κ3) is 3.67. The van der Waals surface area contributed by atoms with Gasteiger partial charge < -0.3 is 9.47 Å². The lowest BCUT2D eigenvalue weighted by molar-refractivity contribution is 0.487. The monoisotopic (exact) mass is 363 g/mol. The first-order chi connectivity index (χ1) is 13.1. The van der Waals surface area contributed by atoms with Gasteiger partial charge in [0.1, 0.15) is 12.1 Å². The summed E-state index contributed by atoms with van der Waals surface area (Å²) in [6, 6.07) is 6.16. The van der Waals surface area contributed by atoms with Crippen LogP contribution in [-0.2, 0) is 6.54 Å². The summed E-state index contributed by atoms with van der Waals surface area (Å²) >= 11 is 0. The molecule has 0 aromatic carbocycles. The van der Waals surface area contributed by atoms with E-state index in [0.717, 1.165) is 48.8 Å². The molecule has 7 heteroatoms. The molecule has 1 saturated heterocycles. The van der Waals surface area contributed by atoms with Crippen LogP contribution in [-0.4, -0.2) is 36.3 Å². The van der Waals surface area contributed by atoms with Gasteiger partial charge in [-0.25, -0.2) is 9.97 Å². The fraction of sp³-hybridized carbons (Fsp3) is 0.450. The van der Waals surface area contributed by atoms with Gasteiger partial charge in [-0.1, -0.05) is 13.8 Å². The van der Waals surface area contributed by atoms with Crippen LogP contribution in [0.5, 0.6) is 0 Å². The Hall–Kier alpha value is -2.83. The number of pyridine rings is 1. The molecule has 4 heterocycles. The third-order valence-electron chi connectivity index (χ3n) is 4.81. The Morgan fingerprint density at radius 1 is 1.26 bits per heavy atom. The van der Waals surface area contributed by atoms with E-state index in [9.17, 15) is 0 Å². The van der Waals surface area contributed by atoms with E-state index in [0.29, 0.717) is 11.7 Å². The average molecular weight is 363 g/mol. The first-order valence-electron chi connectivity index (χ1n) is 9.52. The van der Waals surface area contributed by atoms with Crippen molar-refractivity contribution in [3.8, 4) is 11.4 Å². The van der Waals surface area contributed by atoms with Crippen LogP contribution < -0.4 is 4.90 Å². The van der Waals surface area contributed by atoms with Crippen LogP contribution in [0.1, 0.15) is 44.2 Å². The molecule has 7 nitrogen and oxygen atoms in total. The van der Waals surface area contributed by atoms with Gasteiger partial charge in [0.05, 0.1) is 6.04 Å². The van der Waals surface area contributed by atoms with Crippen LogP contribution in [0.15, 0.2) is 36.9 Å². The van der Waals surface area contributed by atoms with Gasteiger partial charge in [-0.05, 0) is 37.8 Å². The number of aryl methyl sites for hydroxylation is 1. The zero-order valence-corrected chi connectivity index (χ0v) is 16.1. The first-order valence-corrected chi connectivity index (χ1v) is 9.52. The molecule has 3 aromatic rings. The summed E-state index contributed by atoms with van der Waals surface area (Å²) in [7, 11) is 0. The van der Waals surface area contributed by atoms with Crippen molar-refractivity contribution in [1.29, 1.82) is 0 Å². The van der Waals surface area contributed by atoms with Crippen molar-refractivity contribution in [3.05, 3.63) is 48.4 Å². The minimum absolute atomic E-state index is 0.197. The summed E-state index contributed by atoms with van der Waals surface area (Å²) in [5, 5.41) is 8.62. The van der Waals surface area contributed by atoms with E-state index >= 15 is 0 Å². The van der Waals surface area contributed by atoms with Gasteiger partial charge in [-0.2, -0.15) is 0 Å². The van der Waals surface area contributed by atoms with E-state index in [1.807, 2.05) is 25.4 Å². The van der Waals surface area contributed by atoms with Crippen LogP contribution in [0.25, 0.3) is 11.4 Å². The summed E-state index contributed by atoms with van der Waals surface area (Å²) in [6.07, 6.45) is 7.59. The molecule has 0 saturated carbocycles. The van der Waals surface area contributed by atoms with Gasteiger partial charge in [0.25, 0.3) is 0 Å². The smallest absolute Gasteiger partial charge is 0.163 e. The minimum atomic E-state index is 0.197. The van der Waals surface area contributed by atoms with E-state index in [-0.39, 0.29) is 6.04 Å². The second-order valence-corrected chi connectivity index (χ2v) is 7.52. The molecule has 1 atom stereocenters. The van der Waals surface area contributed by atoms with Gasteiger partial charge in [-0.15, -0.1) is 10.2 Å². The highest BCUT2D eigenvalue weighted by molar-refractivity contribution is 5.57. The molecule has 0 bridgehead atoms. The molecule has 0 spiro atoms. The molecule has 4 rings (SSSR count). The molecule has 27 heavy (non-hydrogen) atoms. The maximum Gasteiger partial charge on any atom is 0.163 e. The highest BCUT2D eigenvalue weighted by Crippen LogP contribution is 2.35. The van der Waals surface area contributed by atoms with Gasteiger partial charge in [0.15, 0.2) is 11.6 Å². The summed E-state index contributed by atoms with van der Waals surface area (Å²) in [5.41, 5.74) is 1.88. The molecule has 0 N–H and O–H groups in total. The number of hydrogen-bond donors (Lipinski definition) is 0. The molecule has 1 aliphatic rings. The Morgan fingerprint density at radius 3 is 2.93 bits per heavy atom. The fourth-order valence-electron chi connectivity index (χ4n) is 3.69. The minimum Gasteiger partial charge on any atom is -0.346 e. The van der Waals surface area contributed by atoms with Gasteiger partial charge in [-0.3, -0.25) is 4.98 Å². The van der Waals surface area contributed by atoms with Gasteiger partial charge in [0, 0.05) is 42.8 Å². The Kier molecular flexibility index (Phi) is 4.83. The van der Waals surface area contributed by atoms with Crippen molar-refractivity contribution in [2.45, 2.75) is 46.2 Å². The highest BCUT2D eigenvalue weighted by Gasteiger charge is 2.31. The Bertz CT molecular complexity index is 904. The molecule has 1 aliphatic heterocycles. The Balaban J connectivity index is 1.69. The van der Waals surface area contributed by atoms with Gasteiger partial charge in [0.2, 0.25) is 0 Å². The standard InChI is InChI=1S/C20H25N7/c1-14(2)12-26-13-22-25-20(26)17-7-5-9-27(17)18-10-15(3)23-19(24-18)16-6-4-8-21-11-16/h4,6,8,10-11,13-14,17H,5,7,9,12H2,1-3H3. The normalized spacial score (nSPS) is 17.0. The molecule has 140 valence electrons. The van der Waals surface area contributed by atoms with E-state index < -0.39 is 0 Å². The fourth-order valence-corrected chi connectivity index (χ4v) is 3.69. The quantitative estimate of drug-likeness (QED) is 0.691. The predicted octanol–water partition coefficient (Wildman–Crippen LogP) is 3.44. The SMILES string of the molecule is Cc1cc(N2CCCC2c2nncn2CC(C)C)nc(-c2cccnc2)n1. The summed E-state index contributed by atoms with van der Waals surface area (Å²) in [5.74, 6) is 3.24. The van der Waals surface area contributed by atoms with Crippen molar-refractivity contribution in [2.24, 2.45) is 5.92 Å². The second kappa shape index (κ2) is 7.42. The molecule has 1 unspecified atom stereocenters. The average Bonchev–Trinajstić information content (AvgIpc) is 3.30. The first kappa shape index (κ1) is 17.6. The van der Waals surface area contributed by atoms with E-state index in [1.54, 1.807) is 12.4 Å². The lowest BCUT2D eigenvalue weighted by atomic mass is 10.1. The number of aromatic nitrogens is 6. The number of anilines is 1. The Morgan fingerprint density at radius 2 is 2.15 bits per heavy atom. The van der Waals surface area contributed by atoms with Crippen molar-refractivity contribution in [2.75, 3.05) is 11.4 Å². The van der Waals surface area contributed by atoms with Crippen molar-refractivity contribution in [3.63, 3.8) is 0 Å². The summed E-state index contributed by atoms with van der Waals surface area (Å²) < 4.78 is 2.18. The van der Waals surface area contributed by atoms with Crippen molar-refractivity contribution < 1.29 is 0 Å². The molecule has 0 aliphatic carbocycles. The number of rotatable bonds is 5. The molecular weight excluding hydrogens is 338 g/mol. The molecular formula is C20H25N7. The highest BCUT2D eigenvalue weighted by atomic mass is 15.3. The number of hydrogen-bond acceptors (Lipinski definition) is 6. The van der Waals surface area contributed by atoms with Crippen LogP contribution in [0.4, 0.5) is 5.82 Å². The largest absolute Gasteiger partial charge is 0.346 e. The van der Waals surface area contributed by atoms with Gasteiger partial charge >= 0.3 is 0 Å². The van der Waals surface area contributed by atoms with Crippen LogP contribution >= 0.6 is 0 Å². The predicted molar refractivity (Wildman–Crippen MR) is 104 cm³/mol. The van der Waals surface area contributed by atoms with Crippen LogP contribution in [0, 0.1) is 12.8 Å².